The number of esters is 1. The van der Waals surface area contributed by atoms with Gasteiger partial charge in [-0.15, -0.1) is 0 Å². The van der Waals surface area contributed by atoms with Crippen molar-refractivity contribution < 1.29 is 14.3 Å². The van der Waals surface area contributed by atoms with Crippen molar-refractivity contribution in [1.82, 2.24) is 10.3 Å². The average molecular weight is 274 g/mol. The molecule has 0 spiro atoms. The number of nitrogens with zero attached hydrogens (tertiary/aromatic N) is 1. The molecular weight excluding hydrogens is 256 g/mol. The second kappa shape index (κ2) is 6.84. The first kappa shape index (κ1) is 14.2. The normalized spacial score (nSPS) is 14.2. The molecule has 1 heterocycles. The lowest BCUT2D eigenvalue weighted by Crippen LogP contribution is -2.25. The monoisotopic (exact) mass is 274 g/mol. The SMILES string of the molecule is CC(=O)OC1=C(CCNC(=O)c2ccccn2)CCC1. The van der Waals surface area contributed by atoms with E-state index in [1.165, 1.54) is 6.92 Å². The number of allylic oxidation sites excluding steroid dienone is 1. The number of amides is 1. The van der Waals surface area contributed by atoms with Crippen LogP contribution in [0.4, 0.5) is 0 Å². The van der Waals surface area contributed by atoms with E-state index in [-0.39, 0.29) is 11.9 Å². The third kappa shape index (κ3) is 3.91. The molecule has 1 amide bonds. The van der Waals surface area contributed by atoms with Gasteiger partial charge in [-0.25, -0.2) is 0 Å². The maximum absolute atomic E-state index is 11.8. The van der Waals surface area contributed by atoms with Gasteiger partial charge in [-0.3, -0.25) is 14.6 Å². The number of ether oxygens (including phenoxy) is 1. The lowest BCUT2D eigenvalue weighted by Gasteiger charge is -2.08. The highest BCUT2D eigenvalue weighted by molar-refractivity contribution is 5.92. The molecule has 0 fully saturated rings. The minimum Gasteiger partial charge on any atom is -0.431 e. The summed E-state index contributed by atoms with van der Waals surface area (Å²) >= 11 is 0. The summed E-state index contributed by atoms with van der Waals surface area (Å²) in [5.74, 6) is 0.319. The fourth-order valence-corrected chi connectivity index (χ4v) is 2.25. The number of carbonyl (C=O) groups is 2. The molecular formula is C15H18N2O3. The van der Waals surface area contributed by atoms with Gasteiger partial charge in [0.2, 0.25) is 0 Å². The van der Waals surface area contributed by atoms with Crippen LogP contribution in [0.25, 0.3) is 0 Å². The topological polar surface area (TPSA) is 68.3 Å². The number of hydrogen-bond donors (Lipinski definition) is 1. The molecule has 1 aromatic heterocycles. The van der Waals surface area contributed by atoms with Crippen LogP contribution in [-0.4, -0.2) is 23.4 Å². The molecule has 1 aliphatic carbocycles. The summed E-state index contributed by atoms with van der Waals surface area (Å²) in [6.07, 6.45) is 5.05. The first-order valence-corrected chi connectivity index (χ1v) is 6.75. The van der Waals surface area contributed by atoms with Gasteiger partial charge >= 0.3 is 5.97 Å². The van der Waals surface area contributed by atoms with Crippen LogP contribution in [0, 0.1) is 0 Å². The van der Waals surface area contributed by atoms with E-state index in [1.807, 2.05) is 0 Å². The van der Waals surface area contributed by atoms with Crippen LogP contribution < -0.4 is 5.32 Å². The van der Waals surface area contributed by atoms with Crippen molar-refractivity contribution in [3.05, 3.63) is 41.4 Å². The van der Waals surface area contributed by atoms with Gasteiger partial charge in [-0.1, -0.05) is 6.07 Å². The lowest BCUT2D eigenvalue weighted by atomic mass is 10.1. The van der Waals surface area contributed by atoms with Crippen molar-refractivity contribution in [3.63, 3.8) is 0 Å². The summed E-state index contributed by atoms with van der Waals surface area (Å²) in [4.78, 5) is 26.8. The van der Waals surface area contributed by atoms with Gasteiger partial charge in [0, 0.05) is 26.1 Å². The summed E-state index contributed by atoms with van der Waals surface area (Å²) in [5, 5.41) is 2.82. The summed E-state index contributed by atoms with van der Waals surface area (Å²) in [5.41, 5.74) is 1.54. The van der Waals surface area contributed by atoms with E-state index in [9.17, 15) is 9.59 Å². The maximum atomic E-state index is 11.8. The molecule has 1 aromatic rings. The van der Waals surface area contributed by atoms with Crippen molar-refractivity contribution in [3.8, 4) is 0 Å². The Morgan fingerprint density at radius 3 is 2.90 bits per heavy atom. The molecule has 0 aromatic carbocycles. The zero-order valence-corrected chi connectivity index (χ0v) is 11.5. The summed E-state index contributed by atoms with van der Waals surface area (Å²) in [6, 6.07) is 5.22. The molecule has 0 radical (unpaired) electrons. The zero-order valence-electron chi connectivity index (χ0n) is 11.5. The smallest absolute Gasteiger partial charge is 0.307 e. The Balaban J connectivity index is 1.83. The van der Waals surface area contributed by atoms with Crippen LogP contribution in [-0.2, 0) is 9.53 Å². The predicted octanol–water partition coefficient (Wildman–Crippen LogP) is 2.20. The molecule has 5 heteroatoms. The Morgan fingerprint density at radius 1 is 1.35 bits per heavy atom. The van der Waals surface area contributed by atoms with E-state index in [0.717, 1.165) is 30.6 Å². The van der Waals surface area contributed by atoms with Crippen LogP contribution in [0.5, 0.6) is 0 Å². The van der Waals surface area contributed by atoms with Crippen molar-refractivity contribution in [2.24, 2.45) is 0 Å². The fourth-order valence-electron chi connectivity index (χ4n) is 2.25. The second-order valence-corrected chi connectivity index (χ2v) is 4.69. The molecule has 0 saturated carbocycles. The molecule has 0 aliphatic heterocycles. The predicted molar refractivity (Wildman–Crippen MR) is 73.8 cm³/mol. The molecule has 106 valence electrons. The van der Waals surface area contributed by atoms with Crippen molar-refractivity contribution >= 4 is 11.9 Å². The minimum atomic E-state index is -0.281. The summed E-state index contributed by atoms with van der Waals surface area (Å²) in [6.45, 7) is 1.93. The van der Waals surface area contributed by atoms with Gasteiger partial charge in [-0.05, 0) is 37.0 Å². The van der Waals surface area contributed by atoms with Crippen LogP contribution in [0.15, 0.2) is 35.7 Å². The second-order valence-electron chi connectivity index (χ2n) is 4.69. The fraction of sp³-hybridized carbons (Fsp3) is 0.400. The molecule has 0 bridgehead atoms. The van der Waals surface area contributed by atoms with Crippen molar-refractivity contribution in [1.29, 1.82) is 0 Å². The third-order valence-electron chi connectivity index (χ3n) is 3.15. The molecule has 0 unspecified atom stereocenters. The summed E-state index contributed by atoms with van der Waals surface area (Å²) in [7, 11) is 0. The third-order valence-corrected chi connectivity index (χ3v) is 3.15. The van der Waals surface area contributed by atoms with E-state index in [2.05, 4.69) is 10.3 Å². The number of rotatable bonds is 5. The van der Waals surface area contributed by atoms with E-state index in [4.69, 9.17) is 4.74 Å². The number of carbonyl (C=O) groups excluding carboxylic acids is 2. The first-order valence-electron chi connectivity index (χ1n) is 6.75. The van der Waals surface area contributed by atoms with Crippen LogP contribution in [0.3, 0.4) is 0 Å². The minimum absolute atomic E-state index is 0.182. The standard InChI is InChI=1S/C15H18N2O3/c1-11(18)20-14-7-4-5-12(14)8-10-17-15(19)13-6-2-3-9-16-13/h2-3,6,9H,4-5,7-8,10H2,1H3,(H,17,19). The van der Waals surface area contributed by atoms with Crippen LogP contribution in [0.2, 0.25) is 0 Å². The van der Waals surface area contributed by atoms with Gasteiger partial charge in [0.1, 0.15) is 11.5 Å². The Kier molecular flexibility index (Phi) is 4.87. The van der Waals surface area contributed by atoms with E-state index in [1.54, 1.807) is 24.4 Å². The first-order chi connectivity index (χ1) is 9.66. The number of aromatic nitrogens is 1. The van der Waals surface area contributed by atoms with Gasteiger partial charge < -0.3 is 10.1 Å². The maximum Gasteiger partial charge on any atom is 0.307 e. The number of pyridine rings is 1. The molecule has 20 heavy (non-hydrogen) atoms. The lowest BCUT2D eigenvalue weighted by molar-refractivity contribution is -0.137. The van der Waals surface area contributed by atoms with Gasteiger partial charge in [0.25, 0.3) is 5.91 Å². The molecule has 5 nitrogen and oxygen atoms in total. The Morgan fingerprint density at radius 2 is 2.20 bits per heavy atom. The van der Waals surface area contributed by atoms with Gasteiger partial charge in [-0.2, -0.15) is 0 Å². The summed E-state index contributed by atoms with van der Waals surface area (Å²) < 4.78 is 5.18. The van der Waals surface area contributed by atoms with Crippen LogP contribution >= 0.6 is 0 Å². The van der Waals surface area contributed by atoms with Crippen molar-refractivity contribution in [2.45, 2.75) is 32.6 Å². The number of nitrogens with one attached hydrogen (secondary N) is 1. The molecule has 0 atom stereocenters. The zero-order chi connectivity index (χ0) is 14.4. The van der Waals surface area contributed by atoms with E-state index >= 15 is 0 Å². The van der Waals surface area contributed by atoms with E-state index in [0.29, 0.717) is 18.7 Å². The Labute approximate surface area is 118 Å². The molecule has 1 N–H and O–H groups in total. The average Bonchev–Trinajstić information content (AvgIpc) is 2.86. The van der Waals surface area contributed by atoms with E-state index < -0.39 is 0 Å². The molecule has 2 rings (SSSR count). The largest absolute Gasteiger partial charge is 0.431 e. The molecule has 0 saturated heterocycles. The van der Waals surface area contributed by atoms with Crippen molar-refractivity contribution in [2.75, 3.05) is 6.54 Å². The van der Waals surface area contributed by atoms with Crippen LogP contribution in [0.1, 0.15) is 43.1 Å². The Bertz CT molecular complexity index is 523. The highest BCUT2D eigenvalue weighted by atomic mass is 16.5. The quantitative estimate of drug-likeness (QED) is 0.836. The van der Waals surface area contributed by atoms with Gasteiger partial charge in [0.05, 0.1) is 0 Å². The Hall–Kier alpha value is -2.17. The van der Waals surface area contributed by atoms with Gasteiger partial charge in [0.15, 0.2) is 0 Å². The number of hydrogen-bond acceptors (Lipinski definition) is 4. The molecule has 1 aliphatic rings. The highest BCUT2D eigenvalue weighted by Crippen LogP contribution is 2.28. The highest BCUT2D eigenvalue weighted by Gasteiger charge is 2.17.